The van der Waals surface area contributed by atoms with Crippen LogP contribution in [0.4, 0.5) is 11.5 Å². The van der Waals surface area contributed by atoms with Crippen LogP contribution in [-0.4, -0.2) is 132 Å². The summed E-state index contributed by atoms with van der Waals surface area (Å²) in [4.78, 5) is 65.8. The molecular formula is C56H71ClN10O5S. The molecule has 3 amide bonds. The Hall–Kier alpha value is -5.39. The van der Waals surface area contributed by atoms with Gasteiger partial charge in [0.05, 0.1) is 39.9 Å². The number of aromatic nitrogens is 3. The molecule has 2 aromatic heterocycles. The molecule has 0 aliphatic carbocycles. The van der Waals surface area contributed by atoms with Crippen molar-refractivity contribution < 1.29 is 23.9 Å². The van der Waals surface area contributed by atoms with E-state index in [0.717, 1.165) is 120 Å². The van der Waals surface area contributed by atoms with Gasteiger partial charge in [0.1, 0.15) is 24.5 Å². The van der Waals surface area contributed by atoms with E-state index in [1.54, 1.807) is 16.2 Å². The molecule has 10 rings (SSSR count). The fourth-order valence-corrected chi connectivity index (χ4v) is 12.7. The standard InChI is InChI=1S/C56H71ClN10O5S/c1-36-50(73-35-59-36)39-18-16-37(17-19-39)30-58-53(69)47-15-8-26-67(47)54(70)51(56(2,3)4)62-48(68)23-29-71-28-9-25-64-24-7-12-42(64)34-72-55-61-45-33-65(46-14-6-11-38-10-5-13-44(57)49(38)46)27-22-43(45)52(63-55)66-31-40-20-21-41(32-66)60-40/h5-6,10-11,13-14,16-19,35,40-42,47,51,60H,7-9,12,15,20-34H2,1-4H3,(H,58,69)(H,62,68)/t40?,41?,42-,47-,51+/m0/s1. The maximum absolute atomic E-state index is 14.1. The van der Waals surface area contributed by atoms with E-state index in [4.69, 9.17) is 31.0 Å². The number of nitrogens with one attached hydrogen (secondary N) is 3. The van der Waals surface area contributed by atoms with E-state index in [1.165, 1.54) is 18.4 Å². The number of ether oxygens (including phenoxy) is 2. The molecule has 73 heavy (non-hydrogen) atoms. The Bertz CT molecular complexity index is 2750. The SMILES string of the molecule is Cc1ncsc1-c1ccc(CNC(=O)[C@@H]2CCCN2C(=O)[C@@H](NC(=O)CCOCCCN2CCC[C@H]2COc2nc3c(c(N4CC5CCC(C4)N5)n2)CCN(c2cccc4cccc(Cl)c24)C3)C(C)(C)C)cc1. The van der Waals surface area contributed by atoms with Crippen molar-refractivity contribution in [1.29, 1.82) is 0 Å². The van der Waals surface area contributed by atoms with E-state index in [0.29, 0.717) is 57.4 Å². The molecule has 4 saturated heterocycles. The summed E-state index contributed by atoms with van der Waals surface area (Å²) in [6, 6.07) is 20.9. The molecule has 15 nitrogen and oxygen atoms in total. The van der Waals surface area contributed by atoms with Gasteiger partial charge in [0.15, 0.2) is 0 Å². The van der Waals surface area contributed by atoms with Crippen LogP contribution in [0.2, 0.25) is 5.02 Å². The van der Waals surface area contributed by atoms with Crippen molar-refractivity contribution in [3.63, 3.8) is 0 Å². The van der Waals surface area contributed by atoms with Crippen molar-refractivity contribution >= 4 is 62.9 Å². The zero-order valence-corrected chi connectivity index (χ0v) is 44.4. The fraction of sp³-hybridized carbons (Fsp3) is 0.536. The molecule has 2 unspecified atom stereocenters. The highest BCUT2D eigenvalue weighted by molar-refractivity contribution is 7.13. The lowest BCUT2D eigenvalue weighted by Crippen LogP contribution is -2.57. The number of carbonyl (C=O) groups excluding carboxylic acids is 3. The highest BCUT2D eigenvalue weighted by Crippen LogP contribution is 2.38. The number of aryl methyl sites for hydroxylation is 1. The monoisotopic (exact) mass is 1030 g/mol. The van der Waals surface area contributed by atoms with Crippen LogP contribution in [-0.2, 0) is 38.6 Å². The van der Waals surface area contributed by atoms with E-state index in [-0.39, 0.29) is 36.8 Å². The molecule has 3 aromatic carbocycles. The van der Waals surface area contributed by atoms with Crippen LogP contribution in [0.1, 0.15) is 94.7 Å². The Labute approximate surface area is 438 Å². The zero-order chi connectivity index (χ0) is 50.6. The molecule has 7 heterocycles. The summed E-state index contributed by atoms with van der Waals surface area (Å²) in [6.45, 7) is 15.2. The quantitative estimate of drug-likeness (QED) is 0.0737. The van der Waals surface area contributed by atoms with Gasteiger partial charge in [-0.25, -0.2) is 4.98 Å². The first-order valence-electron chi connectivity index (χ1n) is 26.5. The number of halogens is 1. The summed E-state index contributed by atoms with van der Waals surface area (Å²) in [5.41, 5.74) is 7.72. The Morgan fingerprint density at radius 1 is 0.918 bits per heavy atom. The second-order valence-electron chi connectivity index (χ2n) is 21.7. The van der Waals surface area contributed by atoms with Crippen LogP contribution in [0, 0.1) is 12.3 Å². The second-order valence-corrected chi connectivity index (χ2v) is 22.9. The second kappa shape index (κ2) is 22.6. The van der Waals surface area contributed by atoms with Crippen molar-refractivity contribution in [3.8, 4) is 16.5 Å². The van der Waals surface area contributed by atoms with Crippen molar-refractivity contribution in [2.75, 3.05) is 68.9 Å². The molecule has 0 radical (unpaired) electrons. The number of rotatable bonds is 18. The van der Waals surface area contributed by atoms with Crippen molar-refractivity contribution in [3.05, 3.63) is 93.7 Å². The van der Waals surface area contributed by atoms with Crippen molar-refractivity contribution in [2.24, 2.45) is 5.41 Å². The number of anilines is 2. The predicted molar refractivity (Wildman–Crippen MR) is 288 cm³/mol. The largest absolute Gasteiger partial charge is 0.462 e. The summed E-state index contributed by atoms with van der Waals surface area (Å²) in [5, 5.41) is 12.8. The van der Waals surface area contributed by atoms with Crippen molar-refractivity contribution in [2.45, 2.75) is 129 Å². The lowest BCUT2D eigenvalue weighted by molar-refractivity contribution is -0.144. The Kier molecular flexibility index (Phi) is 15.8. The molecular weight excluding hydrogens is 960 g/mol. The highest BCUT2D eigenvalue weighted by atomic mass is 35.5. The Balaban J connectivity index is 0.689. The van der Waals surface area contributed by atoms with Crippen LogP contribution < -0.4 is 30.5 Å². The molecule has 5 atom stereocenters. The molecule has 5 aliphatic heterocycles. The van der Waals surface area contributed by atoms with Crippen molar-refractivity contribution in [1.82, 2.24) is 40.7 Å². The third-order valence-electron chi connectivity index (χ3n) is 15.5. The van der Waals surface area contributed by atoms with Gasteiger partial charge in [0, 0.05) is 87.1 Å². The minimum absolute atomic E-state index is 0.136. The van der Waals surface area contributed by atoms with E-state index in [1.807, 2.05) is 69.6 Å². The molecule has 4 fully saturated rings. The van der Waals surface area contributed by atoms with Crippen LogP contribution in [0.3, 0.4) is 0 Å². The normalized spacial score (nSPS) is 21.4. The number of nitrogens with zero attached hydrogens (tertiary/aromatic N) is 7. The molecule has 2 bridgehead atoms. The van der Waals surface area contributed by atoms with E-state index < -0.39 is 17.5 Å². The number of hydrogen-bond donors (Lipinski definition) is 3. The maximum atomic E-state index is 14.1. The average molecular weight is 1030 g/mol. The fourth-order valence-electron chi connectivity index (χ4n) is 11.6. The van der Waals surface area contributed by atoms with Crippen LogP contribution in [0.5, 0.6) is 6.01 Å². The van der Waals surface area contributed by atoms with Gasteiger partial charge in [-0.15, -0.1) is 11.3 Å². The smallest absolute Gasteiger partial charge is 0.318 e. The lowest BCUT2D eigenvalue weighted by Gasteiger charge is -2.37. The van der Waals surface area contributed by atoms with Gasteiger partial charge in [-0.1, -0.05) is 80.9 Å². The van der Waals surface area contributed by atoms with Gasteiger partial charge < -0.3 is 40.1 Å². The molecule has 388 valence electrons. The maximum Gasteiger partial charge on any atom is 0.318 e. The minimum Gasteiger partial charge on any atom is -0.462 e. The predicted octanol–water partition coefficient (Wildman–Crippen LogP) is 7.70. The third kappa shape index (κ3) is 11.8. The van der Waals surface area contributed by atoms with E-state index in [9.17, 15) is 14.4 Å². The summed E-state index contributed by atoms with van der Waals surface area (Å²) in [6.07, 6.45) is 7.62. The average Bonchev–Trinajstić information content (AvgIpc) is 4.23. The molecule has 0 saturated carbocycles. The van der Waals surface area contributed by atoms with E-state index in [2.05, 4.69) is 59.9 Å². The van der Waals surface area contributed by atoms with Gasteiger partial charge in [0.2, 0.25) is 17.7 Å². The van der Waals surface area contributed by atoms with Crippen LogP contribution in [0.25, 0.3) is 21.2 Å². The number of fused-ring (bicyclic) bond motifs is 4. The molecule has 3 N–H and O–H groups in total. The van der Waals surface area contributed by atoms with E-state index >= 15 is 0 Å². The minimum atomic E-state index is -0.787. The number of carbonyl (C=O) groups is 3. The van der Waals surface area contributed by atoms with Crippen LogP contribution >= 0.6 is 22.9 Å². The highest BCUT2D eigenvalue weighted by Gasteiger charge is 2.42. The summed E-state index contributed by atoms with van der Waals surface area (Å²) >= 11 is 8.42. The number of benzene rings is 3. The van der Waals surface area contributed by atoms with Crippen LogP contribution in [0.15, 0.2) is 66.2 Å². The Morgan fingerprint density at radius 2 is 1.70 bits per heavy atom. The Morgan fingerprint density at radius 3 is 2.47 bits per heavy atom. The zero-order valence-electron chi connectivity index (χ0n) is 42.8. The summed E-state index contributed by atoms with van der Waals surface area (Å²) in [7, 11) is 0. The lowest BCUT2D eigenvalue weighted by atomic mass is 9.85. The number of hydrogen-bond acceptors (Lipinski definition) is 13. The summed E-state index contributed by atoms with van der Waals surface area (Å²) in [5.74, 6) is 0.373. The topological polar surface area (TPSA) is 157 Å². The summed E-state index contributed by atoms with van der Waals surface area (Å²) < 4.78 is 12.6. The van der Waals surface area contributed by atoms with Gasteiger partial charge in [0.25, 0.3) is 0 Å². The van der Waals surface area contributed by atoms with Gasteiger partial charge >= 0.3 is 6.01 Å². The molecule has 17 heteroatoms. The molecule has 5 aliphatic rings. The van der Waals surface area contributed by atoms with Gasteiger partial charge in [-0.2, -0.15) is 9.97 Å². The first kappa shape index (κ1) is 51.1. The number of amides is 3. The molecule has 0 spiro atoms. The first-order valence-corrected chi connectivity index (χ1v) is 27.8. The number of piperazine rings is 1. The molecule has 5 aromatic rings. The van der Waals surface area contributed by atoms with Gasteiger partial charge in [-0.3, -0.25) is 19.3 Å². The third-order valence-corrected chi connectivity index (χ3v) is 16.8. The first-order chi connectivity index (χ1) is 35.4. The number of likely N-dealkylation sites (tertiary alicyclic amines) is 2. The number of thiazole rings is 1. The van der Waals surface area contributed by atoms with Gasteiger partial charge in [-0.05, 0) is 98.9 Å².